The molecule has 0 radical (unpaired) electrons. The molecule has 0 aliphatic heterocycles. The smallest absolute Gasteiger partial charge is 0.119 e. The van der Waals surface area contributed by atoms with Gasteiger partial charge in [0.2, 0.25) is 0 Å². The normalized spacial score (nSPS) is 11.2. The summed E-state index contributed by atoms with van der Waals surface area (Å²) >= 11 is 0. The van der Waals surface area contributed by atoms with Crippen LogP contribution in [-0.4, -0.2) is 18.7 Å². The van der Waals surface area contributed by atoms with Crippen LogP contribution < -0.4 is 10.1 Å². The maximum atomic E-state index is 5.36. The van der Waals surface area contributed by atoms with E-state index in [2.05, 4.69) is 35.9 Å². The Hall–Kier alpha value is -1.48. The van der Waals surface area contributed by atoms with Gasteiger partial charge in [0, 0.05) is 29.7 Å². The molecule has 0 amide bonds. The van der Waals surface area contributed by atoms with Crippen LogP contribution >= 0.6 is 0 Å². The van der Waals surface area contributed by atoms with Gasteiger partial charge in [-0.3, -0.25) is 0 Å². The molecule has 0 bridgehead atoms. The highest BCUT2D eigenvalue weighted by Gasteiger charge is 2.13. The lowest BCUT2D eigenvalue weighted by Crippen LogP contribution is -2.07. The molecule has 3 nitrogen and oxygen atoms in total. The van der Waals surface area contributed by atoms with Crippen LogP contribution in [0.1, 0.15) is 31.0 Å². The third-order valence-corrected chi connectivity index (χ3v) is 3.75. The van der Waals surface area contributed by atoms with Crippen molar-refractivity contribution < 1.29 is 4.74 Å². The van der Waals surface area contributed by atoms with Gasteiger partial charge in [0.25, 0.3) is 0 Å². The van der Waals surface area contributed by atoms with Crippen LogP contribution in [0.4, 0.5) is 0 Å². The summed E-state index contributed by atoms with van der Waals surface area (Å²) in [6.07, 6.45) is 2.44. The first-order chi connectivity index (χ1) is 9.22. The molecule has 0 aliphatic carbocycles. The Morgan fingerprint density at radius 1 is 1.32 bits per heavy atom. The Morgan fingerprint density at radius 3 is 2.74 bits per heavy atom. The molecule has 19 heavy (non-hydrogen) atoms. The number of nitrogens with one attached hydrogen (secondary N) is 1. The maximum Gasteiger partial charge on any atom is 0.119 e. The third-order valence-electron chi connectivity index (χ3n) is 3.75. The van der Waals surface area contributed by atoms with Gasteiger partial charge in [-0.1, -0.05) is 13.3 Å². The second-order valence-electron chi connectivity index (χ2n) is 4.98. The first-order valence-corrected chi connectivity index (χ1v) is 7.03. The summed E-state index contributed by atoms with van der Waals surface area (Å²) in [5.41, 5.74) is 4.07. The number of benzene rings is 1. The summed E-state index contributed by atoms with van der Waals surface area (Å²) in [5, 5.41) is 4.58. The first-order valence-electron chi connectivity index (χ1n) is 7.03. The molecule has 0 saturated heterocycles. The van der Waals surface area contributed by atoms with Crippen molar-refractivity contribution in [2.24, 2.45) is 0 Å². The van der Waals surface area contributed by atoms with Gasteiger partial charge in [0.1, 0.15) is 5.75 Å². The van der Waals surface area contributed by atoms with Crippen LogP contribution in [0.5, 0.6) is 5.75 Å². The lowest BCUT2D eigenvalue weighted by atomic mass is 10.1. The van der Waals surface area contributed by atoms with E-state index in [0.29, 0.717) is 0 Å². The predicted molar refractivity (Wildman–Crippen MR) is 80.9 cm³/mol. The molecule has 2 aromatic rings. The van der Waals surface area contributed by atoms with Crippen molar-refractivity contribution in [2.45, 2.75) is 39.8 Å². The number of hydrogen-bond acceptors (Lipinski definition) is 2. The highest BCUT2D eigenvalue weighted by atomic mass is 16.5. The second kappa shape index (κ2) is 6.11. The number of nitrogens with zero attached hydrogens (tertiary/aromatic N) is 1. The largest absolute Gasteiger partial charge is 0.497 e. The molecule has 0 unspecified atom stereocenters. The molecule has 1 aromatic heterocycles. The van der Waals surface area contributed by atoms with Crippen LogP contribution in [0.3, 0.4) is 0 Å². The van der Waals surface area contributed by atoms with E-state index in [9.17, 15) is 0 Å². The van der Waals surface area contributed by atoms with Gasteiger partial charge < -0.3 is 14.6 Å². The summed E-state index contributed by atoms with van der Waals surface area (Å²) < 4.78 is 7.79. The number of ether oxygens (including phenoxy) is 1. The summed E-state index contributed by atoms with van der Waals surface area (Å²) in [4.78, 5) is 0. The number of unbranched alkanes of at least 4 members (excludes halogenated alkanes) is 1. The fourth-order valence-electron chi connectivity index (χ4n) is 2.66. The molecule has 0 spiro atoms. The van der Waals surface area contributed by atoms with Crippen molar-refractivity contribution in [3.63, 3.8) is 0 Å². The van der Waals surface area contributed by atoms with Crippen molar-refractivity contribution >= 4 is 10.9 Å². The molecule has 1 heterocycles. The molecule has 3 heteroatoms. The number of methoxy groups -OCH3 is 1. The number of aryl methyl sites for hydroxylation is 1. The van der Waals surface area contributed by atoms with E-state index in [1.807, 2.05) is 13.1 Å². The van der Waals surface area contributed by atoms with E-state index in [1.165, 1.54) is 35.0 Å². The number of hydrogen-bond donors (Lipinski definition) is 1. The quantitative estimate of drug-likeness (QED) is 0.860. The first kappa shape index (κ1) is 13.9. The average Bonchev–Trinajstić information content (AvgIpc) is 2.69. The van der Waals surface area contributed by atoms with E-state index >= 15 is 0 Å². The Kier molecular flexibility index (Phi) is 4.48. The maximum absolute atomic E-state index is 5.36. The molecule has 1 N–H and O–H groups in total. The number of aromatic nitrogens is 1. The molecule has 2 rings (SSSR count). The zero-order valence-electron chi connectivity index (χ0n) is 12.4. The second-order valence-corrected chi connectivity index (χ2v) is 4.98. The molecule has 0 saturated carbocycles. The van der Waals surface area contributed by atoms with Crippen molar-refractivity contribution in [2.75, 3.05) is 14.2 Å². The minimum Gasteiger partial charge on any atom is -0.497 e. The molecule has 104 valence electrons. The fourth-order valence-corrected chi connectivity index (χ4v) is 2.66. The summed E-state index contributed by atoms with van der Waals surface area (Å²) in [5.74, 6) is 0.928. The van der Waals surface area contributed by atoms with Gasteiger partial charge in [0.05, 0.1) is 7.11 Å². The van der Waals surface area contributed by atoms with E-state index < -0.39 is 0 Å². The molecule has 1 aromatic carbocycles. The van der Waals surface area contributed by atoms with Crippen molar-refractivity contribution in [3.05, 3.63) is 29.5 Å². The summed E-state index contributed by atoms with van der Waals surface area (Å²) in [6.45, 7) is 6.44. The third kappa shape index (κ3) is 2.61. The van der Waals surface area contributed by atoms with Crippen molar-refractivity contribution in [3.8, 4) is 5.75 Å². The lowest BCUT2D eigenvalue weighted by Gasteiger charge is -2.08. The minimum atomic E-state index is 0.897. The number of rotatable bonds is 6. The summed E-state index contributed by atoms with van der Waals surface area (Å²) in [7, 11) is 3.72. The summed E-state index contributed by atoms with van der Waals surface area (Å²) in [6, 6.07) is 6.38. The van der Waals surface area contributed by atoms with E-state index in [-0.39, 0.29) is 0 Å². The zero-order valence-corrected chi connectivity index (χ0v) is 12.4. The predicted octanol–water partition coefficient (Wildman–Crippen LogP) is 3.48. The highest BCUT2D eigenvalue weighted by Crippen LogP contribution is 2.29. The van der Waals surface area contributed by atoms with Crippen LogP contribution in [0, 0.1) is 6.92 Å². The lowest BCUT2D eigenvalue weighted by molar-refractivity contribution is 0.415. The van der Waals surface area contributed by atoms with Gasteiger partial charge >= 0.3 is 0 Å². The van der Waals surface area contributed by atoms with Crippen molar-refractivity contribution in [1.82, 2.24) is 9.88 Å². The van der Waals surface area contributed by atoms with E-state index in [4.69, 9.17) is 4.74 Å². The topological polar surface area (TPSA) is 26.2 Å². The van der Waals surface area contributed by atoms with Crippen LogP contribution in [-0.2, 0) is 13.1 Å². The van der Waals surface area contributed by atoms with Gasteiger partial charge in [-0.15, -0.1) is 0 Å². The Morgan fingerprint density at radius 2 is 2.11 bits per heavy atom. The minimum absolute atomic E-state index is 0.897. The van der Waals surface area contributed by atoms with Crippen molar-refractivity contribution in [1.29, 1.82) is 0 Å². The average molecular weight is 260 g/mol. The zero-order chi connectivity index (χ0) is 13.8. The Labute approximate surface area is 115 Å². The number of fused-ring (bicyclic) bond motifs is 1. The Balaban J connectivity index is 2.57. The monoisotopic (exact) mass is 260 g/mol. The van der Waals surface area contributed by atoms with Crippen LogP contribution in [0.15, 0.2) is 18.2 Å². The SMILES string of the molecule is CCCCn1c(C)c(CNC)c2cc(OC)ccc21. The van der Waals surface area contributed by atoms with Gasteiger partial charge in [-0.25, -0.2) is 0 Å². The highest BCUT2D eigenvalue weighted by molar-refractivity contribution is 5.87. The molecule has 0 aliphatic rings. The van der Waals surface area contributed by atoms with Gasteiger partial charge in [-0.2, -0.15) is 0 Å². The van der Waals surface area contributed by atoms with Gasteiger partial charge in [0.15, 0.2) is 0 Å². The standard InChI is InChI=1S/C16H24N2O/c1-5-6-9-18-12(2)15(11-17-3)14-10-13(19-4)7-8-16(14)18/h7-8,10,17H,5-6,9,11H2,1-4H3. The molecular formula is C16H24N2O. The molecular weight excluding hydrogens is 236 g/mol. The molecule has 0 fully saturated rings. The molecule has 0 atom stereocenters. The van der Waals surface area contributed by atoms with Gasteiger partial charge in [-0.05, 0) is 44.2 Å². The Bertz CT molecular complexity index is 557. The van der Waals surface area contributed by atoms with E-state index in [1.54, 1.807) is 7.11 Å². The van der Waals surface area contributed by atoms with E-state index in [0.717, 1.165) is 18.8 Å². The fraction of sp³-hybridized carbons (Fsp3) is 0.500. The van der Waals surface area contributed by atoms with Crippen LogP contribution in [0.2, 0.25) is 0 Å². The van der Waals surface area contributed by atoms with Crippen LogP contribution in [0.25, 0.3) is 10.9 Å².